The minimum atomic E-state index is -0.442. The summed E-state index contributed by atoms with van der Waals surface area (Å²) in [6, 6.07) is 6.85. The molecule has 5 nitrogen and oxygen atoms in total. The number of rotatable bonds is 6. The number of hydrogen-bond donors (Lipinski definition) is 3. The van der Waals surface area contributed by atoms with Gasteiger partial charge in [-0.2, -0.15) is 0 Å². The van der Waals surface area contributed by atoms with Crippen LogP contribution in [0, 0.1) is 0 Å². The molecule has 1 amide bonds. The van der Waals surface area contributed by atoms with Gasteiger partial charge in [0.05, 0.1) is 6.04 Å². The summed E-state index contributed by atoms with van der Waals surface area (Å²) >= 11 is 1.62. The van der Waals surface area contributed by atoms with E-state index in [4.69, 9.17) is 10.9 Å². The molecule has 1 rings (SSSR count). The Hall–Kier alpha value is -1.69. The maximum absolute atomic E-state index is 12.0. The third-order valence-electron chi connectivity index (χ3n) is 2.71. The summed E-state index contributed by atoms with van der Waals surface area (Å²) in [7, 11) is 0. The van der Waals surface area contributed by atoms with Crippen molar-refractivity contribution in [2.24, 2.45) is 10.9 Å². The second kappa shape index (κ2) is 7.68. The Morgan fingerprint density at radius 1 is 1.47 bits per heavy atom. The van der Waals surface area contributed by atoms with E-state index in [0.717, 1.165) is 11.3 Å². The third kappa shape index (κ3) is 4.48. The first kappa shape index (κ1) is 15.4. The zero-order chi connectivity index (χ0) is 14.3. The van der Waals surface area contributed by atoms with Crippen LogP contribution in [0.3, 0.4) is 0 Å². The van der Waals surface area contributed by atoms with Gasteiger partial charge in [-0.1, -0.05) is 18.5 Å². The number of carbonyl (C=O) groups is 1. The molecule has 1 atom stereocenters. The van der Waals surface area contributed by atoms with Crippen LogP contribution in [0.25, 0.3) is 0 Å². The number of carbonyl (C=O) groups excluding carboxylic acids is 1. The number of oxime groups is 1. The van der Waals surface area contributed by atoms with Gasteiger partial charge < -0.3 is 16.3 Å². The first-order valence-corrected chi connectivity index (χ1v) is 7.27. The van der Waals surface area contributed by atoms with Gasteiger partial charge in [0.25, 0.3) is 5.91 Å². The highest BCUT2D eigenvalue weighted by atomic mass is 32.2. The van der Waals surface area contributed by atoms with Crippen LogP contribution < -0.4 is 11.1 Å². The minimum Gasteiger partial charge on any atom is -0.409 e. The number of amides is 1. The van der Waals surface area contributed by atoms with Gasteiger partial charge in [0, 0.05) is 10.5 Å². The highest BCUT2D eigenvalue weighted by Crippen LogP contribution is 2.15. The first-order chi connectivity index (χ1) is 9.12. The zero-order valence-electron chi connectivity index (χ0n) is 11.1. The Morgan fingerprint density at radius 2 is 2.11 bits per heavy atom. The summed E-state index contributed by atoms with van der Waals surface area (Å²) in [5, 5.41) is 14.4. The summed E-state index contributed by atoms with van der Waals surface area (Å²) in [5.41, 5.74) is 6.12. The largest absolute Gasteiger partial charge is 0.409 e. The van der Waals surface area contributed by atoms with Crippen LogP contribution in [0.1, 0.15) is 30.1 Å². The molecule has 1 aromatic rings. The van der Waals surface area contributed by atoms with Crippen LogP contribution in [0.2, 0.25) is 0 Å². The molecule has 0 saturated heterocycles. The van der Waals surface area contributed by atoms with Crippen LogP contribution in [0.4, 0.5) is 0 Å². The van der Waals surface area contributed by atoms with Crippen LogP contribution in [-0.2, 0) is 0 Å². The zero-order valence-corrected chi connectivity index (χ0v) is 11.9. The first-order valence-electron chi connectivity index (χ1n) is 6.04. The molecule has 0 aromatic heterocycles. The van der Waals surface area contributed by atoms with Crippen molar-refractivity contribution in [1.29, 1.82) is 0 Å². The van der Waals surface area contributed by atoms with Crippen LogP contribution in [0.15, 0.2) is 34.3 Å². The van der Waals surface area contributed by atoms with Gasteiger partial charge in [-0.25, -0.2) is 0 Å². The van der Waals surface area contributed by atoms with Gasteiger partial charge in [-0.15, -0.1) is 11.8 Å². The molecule has 19 heavy (non-hydrogen) atoms. The van der Waals surface area contributed by atoms with E-state index in [1.54, 1.807) is 23.9 Å². The molecule has 6 heteroatoms. The second-order valence-electron chi connectivity index (χ2n) is 4.07. The van der Waals surface area contributed by atoms with Crippen LogP contribution in [-0.4, -0.2) is 29.2 Å². The van der Waals surface area contributed by atoms with Gasteiger partial charge >= 0.3 is 0 Å². The lowest BCUT2D eigenvalue weighted by molar-refractivity contribution is 0.0945. The molecular weight excluding hydrogens is 262 g/mol. The number of benzene rings is 1. The molecule has 104 valence electrons. The van der Waals surface area contributed by atoms with Crippen molar-refractivity contribution < 1.29 is 10.0 Å². The summed E-state index contributed by atoms with van der Waals surface area (Å²) in [6.45, 7) is 1.97. The van der Waals surface area contributed by atoms with Crippen LogP contribution in [0.5, 0.6) is 0 Å². The van der Waals surface area contributed by atoms with E-state index in [2.05, 4.69) is 10.5 Å². The lowest BCUT2D eigenvalue weighted by atomic mass is 10.1. The van der Waals surface area contributed by atoms with E-state index in [9.17, 15) is 4.79 Å². The predicted molar refractivity (Wildman–Crippen MR) is 77.8 cm³/mol. The SMILES string of the molecule is CCCC(NC(=O)c1ccc(SC)cc1)C(N)=NO. The van der Waals surface area contributed by atoms with E-state index in [1.165, 1.54) is 0 Å². The lowest BCUT2D eigenvalue weighted by Gasteiger charge is -2.16. The maximum atomic E-state index is 12.0. The topological polar surface area (TPSA) is 87.7 Å². The van der Waals surface area contributed by atoms with Gasteiger partial charge in [-0.05, 0) is 36.9 Å². The predicted octanol–water partition coefficient (Wildman–Crippen LogP) is 2.05. The fourth-order valence-electron chi connectivity index (χ4n) is 1.64. The van der Waals surface area contributed by atoms with Crippen LogP contribution >= 0.6 is 11.8 Å². The van der Waals surface area contributed by atoms with Crippen molar-refractivity contribution >= 4 is 23.5 Å². The number of nitrogens with one attached hydrogen (secondary N) is 1. The van der Waals surface area contributed by atoms with Gasteiger partial charge in [0.1, 0.15) is 0 Å². The molecule has 0 radical (unpaired) electrons. The molecule has 0 bridgehead atoms. The molecule has 4 N–H and O–H groups in total. The molecule has 1 unspecified atom stereocenters. The Labute approximate surface area is 117 Å². The van der Waals surface area contributed by atoms with Gasteiger partial charge in [-0.3, -0.25) is 4.79 Å². The molecule has 0 saturated carbocycles. The average molecular weight is 281 g/mol. The molecule has 0 heterocycles. The highest BCUT2D eigenvalue weighted by molar-refractivity contribution is 7.98. The number of nitrogens with two attached hydrogens (primary N) is 1. The Balaban J connectivity index is 2.75. The smallest absolute Gasteiger partial charge is 0.251 e. The molecule has 0 fully saturated rings. The summed E-state index contributed by atoms with van der Waals surface area (Å²) in [5.74, 6) is -0.200. The van der Waals surface area contributed by atoms with Crippen molar-refractivity contribution in [3.8, 4) is 0 Å². The standard InChI is InChI=1S/C13H19N3O2S/c1-3-4-11(12(14)16-18)15-13(17)9-5-7-10(19-2)8-6-9/h5-8,11,18H,3-4H2,1-2H3,(H2,14,16)(H,15,17). The fourth-order valence-corrected chi connectivity index (χ4v) is 2.04. The normalized spacial score (nSPS) is 13.1. The number of amidine groups is 1. The number of thioether (sulfide) groups is 1. The lowest BCUT2D eigenvalue weighted by Crippen LogP contribution is -2.44. The van der Waals surface area contributed by atoms with Gasteiger partial charge in [0.2, 0.25) is 0 Å². The van der Waals surface area contributed by atoms with Crippen molar-refractivity contribution in [2.75, 3.05) is 6.26 Å². The Morgan fingerprint density at radius 3 is 2.58 bits per heavy atom. The molecule has 1 aromatic carbocycles. The summed E-state index contributed by atoms with van der Waals surface area (Å²) < 4.78 is 0. The van der Waals surface area contributed by atoms with E-state index in [-0.39, 0.29) is 11.7 Å². The Bertz CT molecular complexity index is 446. The second-order valence-corrected chi connectivity index (χ2v) is 4.95. The van der Waals surface area contributed by atoms with Crippen molar-refractivity contribution in [2.45, 2.75) is 30.7 Å². The summed E-state index contributed by atoms with van der Waals surface area (Å²) in [4.78, 5) is 13.1. The van der Waals surface area contributed by atoms with Crippen molar-refractivity contribution in [1.82, 2.24) is 5.32 Å². The number of hydrogen-bond acceptors (Lipinski definition) is 4. The quantitative estimate of drug-likeness (QED) is 0.245. The average Bonchev–Trinajstić information content (AvgIpc) is 2.46. The molecule has 0 spiro atoms. The number of nitrogens with zero attached hydrogens (tertiary/aromatic N) is 1. The molecular formula is C13H19N3O2S. The monoisotopic (exact) mass is 281 g/mol. The highest BCUT2D eigenvalue weighted by Gasteiger charge is 2.16. The molecule has 0 aliphatic heterocycles. The van der Waals surface area contributed by atoms with E-state index >= 15 is 0 Å². The summed E-state index contributed by atoms with van der Waals surface area (Å²) in [6.07, 6.45) is 3.43. The van der Waals surface area contributed by atoms with E-state index < -0.39 is 6.04 Å². The molecule has 0 aliphatic rings. The van der Waals surface area contributed by atoms with Gasteiger partial charge in [0.15, 0.2) is 5.84 Å². The minimum absolute atomic E-state index is 0.0240. The third-order valence-corrected chi connectivity index (χ3v) is 3.45. The fraction of sp³-hybridized carbons (Fsp3) is 0.385. The van der Waals surface area contributed by atoms with Crippen molar-refractivity contribution in [3.63, 3.8) is 0 Å². The van der Waals surface area contributed by atoms with Crippen molar-refractivity contribution in [3.05, 3.63) is 29.8 Å². The van der Waals surface area contributed by atoms with E-state index in [1.807, 2.05) is 25.3 Å². The Kier molecular flexibility index (Phi) is 6.21. The maximum Gasteiger partial charge on any atom is 0.251 e. The van der Waals surface area contributed by atoms with E-state index in [0.29, 0.717) is 12.0 Å². The molecule has 0 aliphatic carbocycles.